The molecular formula is C22H24N2O4. The second kappa shape index (κ2) is 6.86. The number of nitrogens with zero attached hydrogens (tertiary/aromatic N) is 1. The fourth-order valence-corrected chi connectivity index (χ4v) is 4.70. The summed E-state index contributed by atoms with van der Waals surface area (Å²) in [4.78, 5) is 28.2. The lowest BCUT2D eigenvalue weighted by Gasteiger charge is -2.34. The van der Waals surface area contributed by atoms with Crippen molar-refractivity contribution in [2.75, 3.05) is 19.0 Å². The van der Waals surface area contributed by atoms with E-state index in [0.717, 1.165) is 24.1 Å². The molecule has 2 aliphatic rings. The Labute approximate surface area is 164 Å². The molecule has 0 bridgehead atoms. The molecule has 2 aromatic carbocycles. The SMILES string of the molecule is CCC[C@@H]1N(C(=O)c2ccc(O)c(OC)c2)CC[C@@]12C(=O)Nc1ccccc12. The number of rotatable bonds is 4. The van der Waals surface area contributed by atoms with E-state index in [0.29, 0.717) is 18.5 Å². The number of phenolic OH excluding ortho intramolecular Hbond substituents is 1. The molecule has 146 valence electrons. The van der Waals surface area contributed by atoms with E-state index in [9.17, 15) is 14.7 Å². The van der Waals surface area contributed by atoms with Gasteiger partial charge in [-0.05, 0) is 42.7 Å². The summed E-state index contributed by atoms with van der Waals surface area (Å²) in [6, 6.07) is 12.2. The molecule has 28 heavy (non-hydrogen) atoms. The van der Waals surface area contributed by atoms with E-state index in [1.807, 2.05) is 29.2 Å². The Kier molecular flexibility index (Phi) is 4.49. The molecule has 1 fully saturated rings. The summed E-state index contributed by atoms with van der Waals surface area (Å²) in [6.07, 6.45) is 2.20. The monoisotopic (exact) mass is 380 g/mol. The quantitative estimate of drug-likeness (QED) is 0.853. The van der Waals surface area contributed by atoms with Crippen LogP contribution in [0.3, 0.4) is 0 Å². The van der Waals surface area contributed by atoms with Crippen molar-refractivity contribution < 1.29 is 19.4 Å². The van der Waals surface area contributed by atoms with Gasteiger partial charge in [-0.25, -0.2) is 0 Å². The lowest BCUT2D eigenvalue weighted by atomic mass is 9.73. The van der Waals surface area contributed by atoms with E-state index in [4.69, 9.17) is 4.74 Å². The van der Waals surface area contributed by atoms with Crippen LogP contribution in [-0.4, -0.2) is 41.5 Å². The van der Waals surface area contributed by atoms with Gasteiger partial charge in [-0.3, -0.25) is 9.59 Å². The largest absolute Gasteiger partial charge is 0.504 e. The average molecular weight is 380 g/mol. The van der Waals surface area contributed by atoms with Crippen LogP contribution in [-0.2, 0) is 10.2 Å². The summed E-state index contributed by atoms with van der Waals surface area (Å²) in [5.41, 5.74) is 1.56. The van der Waals surface area contributed by atoms with Crippen LogP contribution in [0.1, 0.15) is 42.1 Å². The molecule has 2 amide bonds. The highest BCUT2D eigenvalue weighted by molar-refractivity contribution is 6.08. The molecule has 0 saturated carbocycles. The highest BCUT2D eigenvalue weighted by atomic mass is 16.5. The van der Waals surface area contributed by atoms with E-state index < -0.39 is 5.41 Å². The summed E-state index contributed by atoms with van der Waals surface area (Å²) in [6.45, 7) is 2.57. The van der Waals surface area contributed by atoms with E-state index in [1.165, 1.54) is 13.2 Å². The number of carbonyl (C=O) groups excluding carboxylic acids is 2. The van der Waals surface area contributed by atoms with Crippen LogP contribution >= 0.6 is 0 Å². The number of amides is 2. The molecular weight excluding hydrogens is 356 g/mol. The molecule has 2 N–H and O–H groups in total. The third kappa shape index (κ3) is 2.55. The van der Waals surface area contributed by atoms with Gasteiger partial charge in [0, 0.05) is 17.8 Å². The smallest absolute Gasteiger partial charge is 0.254 e. The van der Waals surface area contributed by atoms with Crippen molar-refractivity contribution >= 4 is 17.5 Å². The molecule has 1 spiro atoms. The molecule has 0 aliphatic carbocycles. The number of ether oxygens (including phenoxy) is 1. The van der Waals surface area contributed by atoms with Gasteiger partial charge in [-0.1, -0.05) is 31.5 Å². The topological polar surface area (TPSA) is 78.9 Å². The minimum Gasteiger partial charge on any atom is -0.504 e. The van der Waals surface area contributed by atoms with E-state index >= 15 is 0 Å². The van der Waals surface area contributed by atoms with Crippen LogP contribution in [0.4, 0.5) is 5.69 Å². The summed E-state index contributed by atoms with van der Waals surface area (Å²) >= 11 is 0. The van der Waals surface area contributed by atoms with Crippen molar-refractivity contribution in [3.05, 3.63) is 53.6 Å². The normalized spacial score (nSPS) is 23.0. The predicted octanol–water partition coefficient (Wildman–Crippen LogP) is 3.31. The van der Waals surface area contributed by atoms with Crippen molar-refractivity contribution in [2.45, 2.75) is 37.6 Å². The summed E-state index contributed by atoms with van der Waals surface area (Å²) in [7, 11) is 1.45. The molecule has 2 atom stereocenters. The molecule has 0 radical (unpaired) electrons. The average Bonchev–Trinajstić information content (AvgIpc) is 3.22. The van der Waals surface area contributed by atoms with Crippen LogP contribution in [0.15, 0.2) is 42.5 Å². The maximum absolute atomic E-state index is 13.3. The second-order valence-corrected chi connectivity index (χ2v) is 7.41. The number of hydrogen-bond acceptors (Lipinski definition) is 4. The van der Waals surface area contributed by atoms with Crippen LogP contribution in [0.5, 0.6) is 11.5 Å². The molecule has 0 unspecified atom stereocenters. The van der Waals surface area contributed by atoms with Gasteiger partial charge >= 0.3 is 0 Å². The molecule has 1 saturated heterocycles. The van der Waals surface area contributed by atoms with Gasteiger partial charge in [0.1, 0.15) is 0 Å². The number of likely N-dealkylation sites (tertiary alicyclic amines) is 1. The number of fused-ring (bicyclic) bond motifs is 2. The first-order valence-electron chi connectivity index (χ1n) is 9.62. The fourth-order valence-electron chi connectivity index (χ4n) is 4.70. The Bertz CT molecular complexity index is 942. The van der Waals surface area contributed by atoms with Gasteiger partial charge in [0.2, 0.25) is 5.91 Å². The Balaban J connectivity index is 1.74. The third-order valence-electron chi connectivity index (χ3n) is 6.00. The summed E-state index contributed by atoms with van der Waals surface area (Å²) in [5.74, 6) is 0.0819. The molecule has 2 heterocycles. The Morgan fingerprint density at radius 1 is 1.32 bits per heavy atom. The third-order valence-corrected chi connectivity index (χ3v) is 6.00. The van der Waals surface area contributed by atoms with Crippen molar-refractivity contribution in [1.82, 2.24) is 4.90 Å². The lowest BCUT2D eigenvalue weighted by Crippen LogP contribution is -2.48. The number of hydrogen-bond donors (Lipinski definition) is 2. The first kappa shape index (κ1) is 18.3. The number of aromatic hydroxyl groups is 1. The number of methoxy groups -OCH3 is 1. The standard InChI is InChI=1S/C22H24N2O4/c1-3-6-19-22(15-7-4-5-8-16(15)23-21(22)27)11-12-24(19)20(26)14-9-10-17(25)18(13-14)28-2/h4-5,7-10,13,19,25H,3,6,11-12H2,1-2H3,(H,23,27)/t19-,22-/m0/s1. The predicted molar refractivity (Wildman–Crippen MR) is 106 cm³/mol. The number of para-hydroxylation sites is 1. The second-order valence-electron chi connectivity index (χ2n) is 7.41. The van der Waals surface area contributed by atoms with Crippen LogP contribution in [0.2, 0.25) is 0 Å². The van der Waals surface area contributed by atoms with E-state index in [2.05, 4.69) is 12.2 Å². The Hall–Kier alpha value is -3.02. The van der Waals surface area contributed by atoms with Crippen LogP contribution < -0.4 is 10.1 Å². The van der Waals surface area contributed by atoms with Gasteiger partial charge in [0.15, 0.2) is 11.5 Å². The Morgan fingerprint density at radius 2 is 2.11 bits per heavy atom. The van der Waals surface area contributed by atoms with E-state index in [-0.39, 0.29) is 29.4 Å². The van der Waals surface area contributed by atoms with Crippen molar-refractivity contribution in [3.8, 4) is 11.5 Å². The first-order valence-corrected chi connectivity index (χ1v) is 9.62. The summed E-state index contributed by atoms with van der Waals surface area (Å²) < 4.78 is 5.14. The van der Waals surface area contributed by atoms with Gasteiger partial charge in [-0.15, -0.1) is 0 Å². The highest BCUT2D eigenvalue weighted by Gasteiger charge is 2.58. The molecule has 6 heteroatoms. The highest BCUT2D eigenvalue weighted by Crippen LogP contribution is 2.49. The van der Waals surface area contributed by atoms with E-state index in [1.54, 1.807) is 12.1 Å². The first-order chi connectivity index (χ1) is 13.5. The fraction of sp³-hybridized carbons (Fsp3) is 0.364. The zero-order chi connectivity index (χ0) is 19.9. The van der Waals surface area contributed by atoms with Crippen molar-refractivity contribution in [1.29, 1.82) is 0 Å². The molecule has 6 nitrogen and oxygen atoms in total. The van der Waals surface area contributed by atoms with Gasteiger partial charge in [-0.2, -0.15) is 0 Å². The molecule has 0 aromatic heterocycles. The van der Waals surface area contributed by atoms with Gasteiger partial charge in [0.05, 0.1) is 18.6 Å². The Morgan fingerprint density at radius 3 is 2.86 bits per heavy atom. The van der Waals surface area contributed by atoms with Crippen LogP contribution in [0.25, 0.3) is 0 Å². The van der Waals surface area contributed by atoms with Gasteiger partial charge < -0.3 is 20.1 Å². The zero-order valence-corrected chi connectivity index (χ0v) is 16.1. The zero-order valence-electron chi connectivity index (χ0n) is 16.1. The number of anilines is 1. The minimum absolute atomic E-state index is 0.00820. The van der Waals surface area contributed by atoms with Crippen LogP contribution in [0, 0.1) is 0 Å². The number of carbonyl (C=O) groups is 2. The minimum atomic E-state index is -0.705. The maximum Gasteiger partial charge on any atom is 0.254 e. The molecule has 2 aromatic rings. The number of nitrogens with one attached hydrogen (secondary N) is 1. The maximum atomic E-state index is 13.3. The summed E-state index contributed by atoms with van der Waals surface area (Å²) in [5, 5.41) is 12.8. The van der Waals surface area contributed by atoms with Crippen molar-refractivity contribution in [2.24, 2.45) is 0 Å². The molecule has 2 aliphatic heterocycles. The van der Waals surface area contributed by atoms with Crippen molar-refractivity contribution in [3.63, 3.8) is 0 Å². The van der Waals surface area contributed by atoms with Gasteiger partial charge in [0.25, 0.3) is 5.91 Å². The number of phenols is 1. The number of benzene rings is 2. The molecule has 4 rings (SSSR count). The lowest BCUT2D eigenvalue weighted by molar-refractivity contribution is -0.121.